The number of unbranched alkanes of at least 4 members (excludes halogenated alkanes) is 24. The third kappa shape index (κ3) is 28.8. The zero-order chi connectivity index (χ0) is 44.2. The topological polar surface area (TPSA) is 124 Å². The number of hydrogen-bond acceptors (Lipinski definition) is 9. The summed E-state index contributed by atoms with van der Waals surface area (Å²) in [6, 6.07) is 5.43. The Morgan fingerprint density at radius 2 is 0.967 bits per heavy atom. The Morgan fingerprint density at radius 3 is 1.44 bits per heavy atom. The molecule has 2 rings (SSSR count). The van der Waals surface area contributed by atoms with E-state index in [9.17, 15) is 19.2 Å². The monoisotopic (exact) mass is 855 g/mol. The van der Waals surface area contributed by atoms with Gasteiger partial charge in [0.25, 0.3) is 0 Å². The van der Waals surface area contributed by atoms with Crippen molar-refractivity contribution in [1.29, 1.82) is 0 Å². The van der Waals surface area contributed by atoms with Gasteiger partial charge in [-0.25, -0.2) is 0 Å². The maximum atomic E-state index is 12.8. The van der Waals surface area contributed by atoms with E-state index in [2.05, 4.69) is 23.7 Å². The minimum absolute atomic E-state index is 0.172. The number of nitrogens with one attached hydrogen (secondary N) is 1. The molecule has 1 aromatic heterocycles. The molecule has 0 bridgehead atoms. The fourth-order valence-corrected chi connectivity index (χ4v) is 7.61. The highest BCUT2D eigenvalue weighted by molar-refractivity contribution is 5.86. The first kappa shape index (κ1) is 53.7. The molecule has 2 aromatic rings. The van der Waals surface area contributed by atoms with Gasteiger partial charge in [-0.2, -0.15) is 0 Å². The molecule has 10 nitrogen and oxygen atoms in total. The van der Waals surface area contributed by atoms with Gasteiger partial charge in [-0.3, -0.25) is 19.2 Å². The van der Waals surface area contributed by atoms with Crippen molar-refractivity contribution in [1.82, 2.24) is 9.88 Å². The molecule has 0 unspecified atom stereocenters. The average Bonchev–Trinajstić information content (AvgIpc) is 3.65. The molecule has 1 N–H and O–H groups in total. The normalized spacial score (nSPS) is 11.9. The maximum absolute atomic E-state index is 12.8. The van der Waals surface area contributed by atoms with Crippen molar-refractivity contribution in [3.05, 3.63) is 30.0 Å². The van der Waals surface area contributed by atoms with Gasteiger partial charge in [-0.05, 0) is 57.1 Å². The molecule has 0 radical (unpaired) electrons. The summed E-state index contributed by atoms with van der Waals surface area (Å²) in [4.78, 5) is 56.2. The number of rotatable bonds is 40. The standard InChI is InChI=1S/C51H86N2O8/c1-5-7-9-11-13-15-17-19-21-23-25-27-29-31-48(54)58-41-45(61-50(56)32-30-28-26-24-22-20-18-16-14-12-10-8-6-2)42-59-49(55)35-36-51(57)60-44-33-34-47-46(39-44)43(40-52-47)37-38-53(3)4/h33-34,39-40,45,52H,5-32,35-38,41-42H2,1-4H3/t45-/m1/s1. The van der Waals surface area contributed by atoms with E-state index in [1.807, 2.05) is 32.4 Å². The number of H-pyrrole nitrogens is 1. The number of fused-ring (bicyclic) bond motifs is 1. The predicted octanol–water partition coefficient (Wildman–Crippen LogP) is 12.9. The van der Waals surface area contributed by atoms with Gasteiger partial charge in [0.05, 0.1) is 12.8 Å². The fraction of sp³-hybridized carbons (Fsp3) is 0.765. The maximum Gasteiger partial charge on any atom is 0.311 e. The lowest BCUT2D eigenvalue weighted by atomic mass is 10.0. The van der Waals surface area contributed by atoms with Crippen LogP contribution in [-0.2, 0) is 39.8 Å². The number of benzene rings is 1. The van der Waals surface area contributed by atoms with E-state index >= 15 is 0 Å². The zero-order valence-corrected chi connectivity index (χ0v) is 39.1. The molecule has 0 aliphatic heterocycles. The quantitative estimate of drug-likeness (QED) is 0.0302. The number of carbonyl (C=O) groups excluding carboxylic acids is 4. The lowest BCUT2D eigenvalue weighted by Gasteiger charge is -2.18. The summed E-state index contributed by atoms with van der Waals surface area (Å²) < 4.78 is 22.2. The smallest absolute Gasteiger partial charge is 0.311 e. The molecular weight excluding hydrogens is 769 g/mol. The highest BCUT2D eigenvalue weighted by atomic mass is 16.6. The van der Waals surface area contributed by atoms with Gasteiger partial charge in [0, 0.05) is 36.5 Å². The first-order valence-electron chi connectivity index (χ1n) is 24.7. The van der Waals surface area contributed by atoms with Gasteiger partial charge >= 0.3 is 23.9 Å². The van der Waals surface area contributed by atoms with Crippen LogP contribution in [0.3, 0.4) is 0 Å². The number of aromatic amines is 1. The molecule has 1 atom stereocenters. The summed E-state index contributed by atoms with van der Waals surface area (Å²) in [6.07, 6.45) is 33.8. The molecule has 1 aromatic carbocycles. The van der Waals surface area contributed by atoms with Crippen LogP contribution in [0.2, 0.25) is 0 Å². The van der Waals surface area contributed by atoms with Crippen LogP contribution >= 0.6 is 0 Å². The largest absolute Gasteiger partial charge is 0.462 e. The van der Waals surface area contributed by atoms with E-state index in [0.29, 0.717) is 12.2 Å². The highest BCUT2D eigenvalue weighted by Crippen LogP contribution is 2.25. The number of nitrogens with zero attached hydrogens (tertiary/aromatic N) is 1. The summed E-state index contributed by atoms with van der Waals surface area (Å²) in [5, 5.41) is 0.992. The first-order valence-corrected chi connectivity index (χ1v) is 24.7. The minimum Gasteiger partial charge on any atom is -0.462 e. The number of aromatic nitrogens is 1. The summed E-state index contributed by atoms with van der Waals surface area (Å²) in [5.41, 5.74) is 2.09. The lowest BCUT2D eigenvalue weighted by molar-refractivity contribution is -0.167. The number of carbonyl (C=O) groups is 4. The summed E-state index contributed by atoms with van der Waals surface area (Å²) >= 11 is 0. The van der Waals surface area contributed by atoms with Gasteiger partial charge < -0.3 is 28.8 Å². The molecule has 10 heteroatoms. The Kier molecular flexibility index (Phi) is 31.8. The number of ether oxygens (including phenoxy) is 4. The Labute approximate surface area is 370 Å². The molecular formula is C51H86N2O8. The average molecular weight is 855 g/mol. The van der Waals surface area contributed by atoms with Crippen LogP contribution in [0.4, 0.5) is 0 Å². The molecule has 348 valence electrons. The Morgan fingerprint density at radius 1 is 0.541 bits per heavy atom. The summed E-state index contributed by atoms with van der Waals surface area (Å²) in [6.45, 7) is 4.95. The second-order valence-corrected chi connectivity index (χ2v) is 17.5. The van der Waals surface area contributed by atoms with Crippen molar-refractivity contribution in [3.8, 4) is 5.75 Å². The van der Waals surface area contributed by atoms with E-state index < -0.39 is 24.0 Å². The molecule has 0 amide bonds. The fourth-order valence-electron chi connectivity index (χ4n) is 7.61. The van der Waals surface area contributed by atoms with E-state index in [-0.39, 0.29) is 38.4 Å². The number of likely N-dealkylation sites (N-methyl/N-ethyl adjacent to an activating group) is 1. The molecule has 0 aliphatic carbocycles. The minimum atomic E-state index is -0.921. The van der Waals surface area contributed by atoms with Gasteiger partial charge in [-0.1, -0.05) is 168 Å². The van der Waals surface area contributed by atoms with E-state index in [1.54, 1.807) is 6.07 Å². The number of hydrogen-bond donors (Lipinski definition) is 1. The second kappa shape index (κ2) is 36.1. The van der Waals surface area contributed by atoms with Crippen LogP contribution in [0.5, 0.6) is 5.75 Å². The molecule has 61 heavy (non-hydrogen) atoms. The third-order valence-electron chi connectivity index (χ3n) is 11.5. The van der Waals surface area contributed by atoms with Crippen molar-refractivity contribution in [2.24, 2.45) is 0 Å². The van der Waals surface area contributed by atoms with Gasteiger partial charge in [-0.15, -0.1) is 0 Å². The molecule has 1 heterocycles. The van der Waals surface area contributed by atoms with Crippen molar-refractivity contribution >= 4 is 34.8 Å². The zero-order valence-electron chi connectivity index (χ0n) is 39.1. The third-order valence-corrected chi connectivity index (χ3v) is 11.5. The van der Waals surface area contributed by atoms with Crippen molar-refractivity contribution in [3.63, 3.8) is 0 Å². The van der Waals surface area contributed by atoms with Crippen LogP contribution in [-0.4, -0.2) is 73.7 Å². The van der Waals surface area contributed by atoms with Crippen molar-refractivity contribution in [2.45, 2.75) is 219 Å². The molecule has 0 spiro atoms. The van der Waals surface area contributed by atoms with E-state index in [1.165, 1.54) is 128 Å². The van der Waals surface area contributed by atoms with Gasteiger partial charge in [0.2, 0.25) is 0 Å². The van der Waals surface area contributed by atoms with E-state index in [0.717, 1.165) is 68.0 Å². The number of esters is 4. The van der Waals surface area contributed by atoms with Crippen molar-refractivity contribution in [2.75, 3.05) is 33.9 Å². The molecule has 0 saturated heterocycles. The van der Waals surface area contributed by atoms with Crippen LogP contribution in [0.1, 0.15) is 212 Å². The molecule has 0 aliphatic rings. The first-order chi connectivity index (χ1) is 29.7. The van der Waals surface area contributed by atoms with Gasteiger partial charge in [0.15, 0.2) is 6.10 Å². The Hall–Kier alpha value is -3.40. The second-order valence-electron chi connectivity index (χ2n) is 17.5. The lowest BCUT2D eigenvalue weighted by Crippen LogP contribution is -2.31. The highest BCUT2D eigenvalue weighted by Gasteiger charge is 2.20. The molecule has 0 saturated carbocycles. The van der Waals surface area contributed by atoms with Crippen molar-refractivity contribution < 1.29 is 38.1 Å². The van der Waals surface area contributed by atoms with Crippen LogP contribution in [0.25, 0.3) is 10.9 Å². The Balaban J connectivity index is 1.73. The predicted molar refractivity (Wildman–Crippen MR) is 248 cm³/mol. The Bertz CT molecular complexity index is 1440. The summed E-state index contributed by atoms with van der Waals surface area (Å²) in [5.74, 6) is -1.51. The SMILES string of the molecule is CCCCCCCCCCCCCCCC(=O)OC[C@H](COC(=O)CCC(=O)Oc1ccc2[nH]cc(CCN(C)C)c2c1)OC(=O)CCCCCCCCCCCCCCC. The van der Waals surface area contributed by atoms with Crippen LogP contribution < -0.4 is 4.74 Å². The van der Waals surface area contributed by atoms with Gasteiger partial charge in [0.1, 0.15) is 19.0 Å². The summed E-state index contributed by atoms with van der Waals surface area (Å²) in [7, 11) is 4.05. The van der Waals surface area contributed by atoms with Crippen LogP contribution in [0, 0.1) is 0 Å². The van der Waals surface area contributed by atoms with Crippen LogP contribution in [0.15, 0.2) is 24.4 Å². The van der Waals surface area contributed by atoms with E-state index in [4.69, 9.17) is 18.9 Å². The molecule has 0 fully saturated rings.